The van der Waals surface area contributed by atoms with Gasteiger partial charge in [0.25, 0.3) is 0 Å². The average molecular weight is 426 g/mol. The van der Waals surface area contributed by atoms with E-state index in [1.807, 2.05) is 13.8 Å². The van der Waals surface area contributed by atoms with Gasteiger partial charge in [0.15, 0.2) is 0 Å². The van der Waals surface area contributed by atoms with Gasteiger partial charge in [-0.05, 0) is 68.2 Å². The molecule has 0 N–H and O–H groups in total. The van der Waals surface area contributed by atoms with Crippen LogP contribution in [0, 0.1) is 25.7 Å². The summed E-state index contributed by atoms with van der Waals surface area (Å²) in [5.74, 6) is 0.752. The number of alkyl halides is 3. The summed E-state index contributed by atoms with van der Waals surface area (Å²) in [4.78, 5) is 3.44. The first-order chi connectivity index (χ1) is 14.1. The fourth-order valence-corrected chi connectivity index (χ4v) is 3.90. The molecule has 166 valence electrons. The molecule has 3 unspecified atom stereocenters. The monoisotopic (exact) mass is 426 g/mol. The molecule has 0 saturated heterocycles. The molecule has 1 aliphatic carbocycles. The van der Waals surface area contributed by atoms with E-state index >= 15 is 0 Å². The molecule has 0 bridgehead atoms. The predicted octanol–water partition coefficient (Wildman–Crippen LogP) is 5.98. The van der Waals surface area contributed by atoms with Crippen LogP contribution < -0.4 is 4.74 Å². The van der Waals surface area contributed by atoms with Crippen LogP contribution in [-0.2, 0) is 10.9 Å². The van der Waals surface area contributed by atoms with Gasteiger partial charge >= 0.3 is 12.1 Å². The predicted molar refractivity (Wildman–Crippen MR) is 106 cm³/mol. The maximum atomic E-state index is 12.7. The topological polar surface area (TPSA) is 57.4 Å². The second kappa shape index (κ2) is 9.37. The Bertz CT molecular complexity index is 827. The van der Waals surface area contributed by atoms with Gasteiger partial charge in [0.1, 0.15) is 5.75 Å². The van der Waals surface area contributed by atoms with Crippen molar-refractivity contribution >= 4 is 0 Å². The highest BCUT2D eigenvalue weighted by atomic mass is 19.4. The molecule has 0 aliphatic heterocycles. The smallest absolute Gasteiger partial charge is 0.471 e. The number of aryl methyl sites for hydroxylation is 2. The van der Waals surface area contributed by atoms with Crippen LogP contribution in [-0.4, -0.2) is 29.5 Å². The number of halogens is 3. The number of benzene rings is 1. The van der Waals surface area contributed by atoms with Gasteiger partial charge in [-0.2, -0.15) is 18.2 Å². The van der Waals surface area contributed by atoms with E-state index in [1.165, 1.54) is 6.42 Å². The molecule has 5 nitrogen and oxygen atoms in total. The first-order valence-electron chi connectivity index (χ1n) is 10.4. The van der Waals surface area contributed by atoms with Crippen molar-refractivity contribution in [1.29, 1.82) is 0 Å². The molecule has 1 aliphatic rings. The van der Waals surface area contributed by atoms with Gasteiger partial charge in [-0.1, -0.05) is 19.0 Å². The third-order valence-electron chi connectivity index (χ3n) is 5.83. The SMILES string of the molecule is Cc1cc(-c2noc(C(F)(F)F)n2)cc(C)c1OCCCOC1CCC(C)C(C)C1. The number of hydrogen-bond donors (Lipinski definition) is 0. The maximum Gasteiger partial charge on any atom is 0.471 e. The first-order valence-corrected chi connectivity index (χ1v) is 10.4. The van der Waals surface area contributed by atoms with Crippen molar-refractivity contribution in [3.05, 3.63) is 29.2 Å². The van der Waals surface area contributed by atoms with Crippen LogP contribution in [0.3, 0.4) is 0 Å². The summed E-state index contributed by atoms with van der Waals surface area (Å²) in [6.07, 6.45) is -0.0744. The van der Waals surface area contributed by atoms with Crippen LogP contribution in [0.1, 0.15) is 56.5 Å². The van der Waals surface area contributed by atoms with Gasteiger partial charge < -0.3 is 14.0 Å². The Morgan fingerprint density at radius 1 is 1.07 bits per heavy atom. The zero-order chi connectivity index (χ0) is 21.9. The van der Waals surface area contributed by atoms with Gasteiger partial charge in [-0.3, -0.25) is 0 Å². The number of aromatic nitrogens is 2. The van der Waals surface area contributed by atoms with Crippen molar-refractivity contribution in [2.24, 2.45) is 11.8 Å². The third kappa shape index (κ3) is 5.53. The minimum Gasteiger partial charge on any atom is -0.493 e. The number of hydrogen-bond acceptors (Lipinski definition) is 5. The fraction of sp³-hybridized carbons (Fsp3) is 0.636. The standard InChI is InChI=1S/C22H29F3N2O3/c1-13-6-7-18(12-14(13)2)28-8-5-9-29-19-15(3)10-17(11-16(19)4)20-26-21(30-27-20)22(23,24)25/h10-11,13-14,18H,5-9,12H2,1-4H3. The van der Waals surface area contributed by atoms with Crippen molar-refractivity contribution in [2.45, 2.75) is 65.7 Å². The first kappa shape index (κ1) is 22.6. The van der Waals surface area contributed by atoms with Crippen LogP contribution in [0.25, 0.3) is 11.4 Å². The van der Waals surface area contributed by atoms with E-state index in [4.69, 9.17) is 9.47 Å². The van der Waals surface area contributed by atoms with Crippen LogP contribution in [0.4, 0.5) is 13.2 Å². The second-order valence-electron chi connectivity index (χ2n) is 8.32. The lowest BCUT2D eigenvalue weighted by Crippen LogP contribution is -2.27. The molecule has 3 atom stereocenters. The van der Waals surface area contributed by atoms with Crippen LogP contribution in [0.15, 0.2) is 16.7 Å². The lowest BCUT2D eigenvalue weighted by Gasteiger charge is -2.32. The third-order valence-corrected chi connectivity index (χ3v) is 5.83. The highest BCUT2D eigenvalue weighted by molar-refractivity contribution is 5.61. The summed E-state index contributed by atoms with van der Waals surface area (Å²) < 4.78 is 54.3. The van der Waals surface area contributed by atoms with Crippen molar-refractivity contribution in [1.82, 2.24) is 10.1 Å². The molecule has 0 spiro atoms. The van der Waals surface area contributed by atoms with Crippen molar-refractivity contribution < 1.29 is 27.2 Å². The molecule has 1 aromatic carbocycles. The summed E-state index contributed by atoms with van der Waals surface area (Å²) in [5, 5.41) is 3.44. The number of rotatable bonds is 7. The Morgan fingerprint density at radius 3 is 2.37 bits per heavy atom. The van der Waals surface area contributed by atoms with Crippen LogP contribution in [0.5, 0.6) is 5.75 Å². The zero-order valence-corrected chi connectivity index (χ0v) is 17.9. The summed E-state index contributed by atoms with van der Waals surface area (Å²) in [7, 11) is 0. The minimum atomic E-state index is -4.66. The summed E-state index contributed by atoms with van der Waals surface area (Å²) >= 11 is 0. The van der Waals surface area contributed by atoms with E-state index in [-0.39, 0.29) is 5.82 Å². The molecular formula is C22H29F3N2O3. The quantitative estimate of drug-likeness (QED) is 0.510. The normalized spacial score (nSPS) is 22.3. The van der Waals surface area contributed by atoms with E-state index < -0.39 is 12.1 Å². The highest BCUT2D eigenvalue weighted by Crippen LogP contribution is 2.33. The molecule has 8 heteroatoms. The lowest BCUT2D eigenvalue weighted by molar-refractivity contribution is -0.159. The minimum absolute atomic E-state index is 0.0931. The lowest BCUT2D eigenvalue weighted by atomic mass is 9.80. The molecule has 30 heavy (non-hydrogen) atoms. The molecule has 0 amide bonds. The van der Waals surface area contributed by atoms with E-state index in [0.29, 0.717) is 30.8 Å². The van der Waals surface area contributed by atoms with Crippen LogP contribution in [0.2, 0.25) is 0 Å². The molecule has 3 rings (SSSR count). The summed E-state index contributed by atoms with van der Waals surface area (Å²) in [6, 6.07) is 3.41. The van der Waals surface area contributed by atoms with Crippen LogP contribution >= 0.6 is 0 Å². The summed E-state index contributed by atoms with van der Waals surface area (Å²) in [5.41, 5.74) is 2.07. The Hall–Kier alpha value is -2.09. The molecule has 1 saturated carbocycles. The molecule has 0 radical (unpaired) electrons. The van der Waals surface area contributed by atoms with Gasteiger partial charge in [0.2, 0.25) is 5.82 Å². The second-order valence-corrected chi connectivity index (χ2v) is 8.32. The van der Waals surface area contributed by atoms with E-state index in [9.17, 15) is 13.2 Å². The van der Waals surface area contributed by atoms with Crippen molar-refractivity contribution in [3.63, 3.8) is 0 Å². The molecule has 1 fully saturated rings. The maximum absolute atomic E-state index is 12.7. The Labute approximate surface area is 175 Å². The highest BCUT2D eigenvalue weighted by Gasteiger charge is 2.38. The molecule has 2 aromatic rings. The van der Waals surface area contributed by atoms with Gasteiger partial charge in [0.05, 0.1) is 19.3 Å². The van der Waals surface area contributed by atoms with Gasteiger partial charge in [-0.15, -0.1) is 0 Å². The van der Waals surface area contributed by atoms with E-state index in [2.05, 4.69) is 28.5 Å². The van der Waals surface area contributed by atoms with Crippen molar-refractivity contribution in [2.75, 3.05) is 13.2 Å². The number of nitrogens with zero attached hydrogens (tertiary/aromatic N) is 2. The number of ether oxygens (including phenoxy) is 2. The Kier molecular flexibility index (Phi) is 7.06. The van der Waals surface area contributed by atoms with E-state index in [0.717, 1.165) is 42.1 Å². The molecule has 1 heterocycles. The Morgan fingerprint density at radius 2 is 1.77 bits per heavy atom. The van der Waals surface area contributed by atoms with E-state index in [1.54, 1.807) is 12.1 Å². The van der Waals surface area contributed by atoms with Crippen molar-refractivity contribution in [3.8, 4) is 17.1 Å². The zero-order valence-electron chi connectivity index (χ0n) is 17.9. The Balaban J connectivity index is 1.52. The fourth-order valence-electron chi connectivity index (χ4n) is 3.90. The average Bonchev–Trinajstić information content (AvgIpc) is 3.17. The molecular weight excluding hydrogens is 397 g/mol. The van der Waals surface area contributed by atoms with Gasteiger partial charge in [0, 0.05) is 12.0 Å². The molecule has 1 aromatic heterocycles. The largest absolute Gasteiger partial charge is 0.493 e. The van der Waals surface area contributed by atoms with Gasteiger partial charge in [-0.25, -0.2) is 0 Å². The summed E-state index contributed by atoms with van der Waals surface area (Å²) in [6.45, 7) is 9.45.